The monoisotopic (exact) mass is 621 g/mol. The zero-order valence-corrected chi connectivity index (χ0v) is 25.0. The Balaban J connectivity index is 0.000000171. The van der Waals surface area contributed by atoms with Gasteiger partial charge in [-0.3, -0.25) is 4.18 Å². The van der Waals surface area contributed by atoms with Crippen molar-refractivity contribution in [2.24, 2.45) is 17.8 Å². The van der Waals surface area contributed by atoms with E-state index in [0.29, 0.717) is 37.0 Å². The average Bonchev–Trinajstić information content (AvgIpc) is 2.94. The summed E-state index contributed by atoms with van der Waals surface area (Å²) in [6, 6.07) is 32.2. The van der Waals surface area contributed by atoms with Crippen LogP contribution in [0.2, 0.25) is 0 Å². The molecule has 0 unspecified atom stereocenters. The van der Waals surface area contributed by atoms with Gasteiger partial charge < -0.3 is 0 Å². The summed E-state index contributed by atoms with van der Waals surface area (Å²) in [6.45, 7) is 0. The van der Waals surface area contributed by atoms with Crippen LogP contribution in [0.15, 0.2) is 106 Å². The average molecular weight is 622 g/mol. The van der Waals surface area contributed by atoms with Gasteiger partial charge in [0.25, 0.3) is 10.1 Å². The molecule has 0 heterocycles. The third-order valence-electron chi connectivity index (χ3n) is 8.45. The summed E-state index contributed by atoms with van der Waals surface area (Å²) in [6.07, 6.45) is 0.0902. The Hall–Kier alpha value is -2.36. The van der Waals surface area contributed by atoms with Gasteiger partial charge in [-0.2, -0.15) is 8.42 Å². The Labute approximate surface area is 249 Å². The second kappa shape index (κ2) is 13.1. The van der Waals surface area contributed by atoms with Gasteiger partial charge in [-0.05, 0) is 99.1 Å². The van der Waals surface area contributed by atoms with Crippen LogP contribution < -0.4 is 0 Å². The van der Waals surface area contributed by atoms with Crippen LogP contribution in [-0.4, -0.2) is 32.1 Å². The highest BCUT2D eigenvalue weighted by Gasteiger charge is 2.53. The first-order valence-corrected chi connectivity index (χ1v) is 17.3. The normalized spacial score (nSPS) is 25.0. The summed E-state index contributed by atoms with van der Waals surface area (Å²) in [4.78, 5) is 4.08. The molecule has 0 radical (unpaired) electrons. The summed E-state index contributed by atoms with van der Waals surface area (Å²) in [5.74, 6) is -3.27. The van der Waals surface area contributed by atoms with E-state index >= 15 is 0 Å². The zero-order chi connectivity index (χ0) is 29.8. The molecule has 42 heavy (non-hydrogen) atoms. The SMILES string of the molecule is O=S(=O)(CCCC(F)(F)C(F)F)OC12CC3CC(CC(C3)C1)C2.c1ccc([S+](c2ccccc2)c2ccccc2)cc1. The lowest BCUT2D eigenvalue weighted by Crippen LogP contribution is -2.52. The molecule has 0 atom stereocenters. The first-order valence-electron chi connectivity index (χ1n) is 14.5. The molecule has 4 aliphatic carbocycles. The molecule has 4 bridgehead atoms. The zero-order valence-electron chi connectivity index (χ0n) is 23.4. The van der Waals surface area contributed by atoms with E-state index in [1.807, 2.05) is 0 Å². The second-order valence-electron chi connectivity index (χ2n) is 11.9. The number of rotatable bonds is 10. The predicted molar refractivity (Wildman–Crippen MR) is 157 cm³/mol. The Morgan fingerprint density at radius 1 is 0.738 bits per heavy atom. The molecule has 0 amide bonds. The number of halogens is 4. The highest BCUT2D eigenvalue weighted by atomic mass is 32.2. The molecule has 0 saturated heterocycles. The number of benzene rings is 3. The van der Waals surface area contributed by atoms with Gasteiger partial charge in [-0.15, -0.1) is 0 Å². The predicted octanol–water partition coefficient (Wildman–Crippen LogP) is 8.76. The highest BCUT2D eigenvalue weighted by molar-refractivity contribution is 7.97. The van der Waals surface area contributed by atoms with Crippen LogP contribution in [0.4, 0.5) is 17.6 Å². The van der Waals surface area contributed by atoms with Gasteiger partial charge in [0.05, 0.1) is 22.2 Å². The van der Waals surface area contributed by atoms with Crippen molar-refractivity contribution in [1.82, 2.24) is 0 Å². The first-order chi connectivity index (χ1) is 20.0. The molecule has 4 fully saturated rings. The summed E-state index contributed by atoms with van der Waals surface area (Å²) in [7, 11) is -3.99. The van der Waals surface area contributed by atoms with E-state index in [-0.39, 0.29) is 10.9 Å². The third-order valence-corrected chi connectivity index (χ3v) is 12.1. The maximum Gasteiger partial charge on any atom is 0.307 e. The van der Waals surface area contributed by atoms with E-state index in [1.54, 1.807) is 0 Å². The summed E-state index contributed by atoms with van der Waals surface area (Å²) in [5.41, 5.74) is -0.668. The van der Waals surface area contributed by atoms with Crippen molar-refractivity contribution in [2.75, 3.05) is 5.75 Å². The van der Waals surface area contributed by atoms with Gasteiger partial charge in [0.15, 0.2) is 14.7 Å². The lowest BCUT2D eigenvalue weighted by Gasteiger charge is -2.55. The van der Waals surface area contributed by atoms with Gasteiger partial charge >= 0.3 is 12.3 Å². The fourth-order valence-electron chi connectivity index (χ4n) is 7.12. The fourth-order valence-corrected chi connectivity index (χ4v) is 10.5. The number of alkyl halides is 4. The summed E-state index contributed by atoms with van der Waals surface area (Å²) < 4.78 is 79.6. The molecule has 0 aliphatic heterocycles. The van der Waals surface area contributed by atoms with Crippen LogP contribution >= 0.6 is 0 Å². The first kappa shape index (κ1) is 31.1. The quantitative estimate of drug-likeness (QED) is 0.129. The van der Waals surface area contributed by atoms with Gasteiger partial charge in [-0.25, -0.2) is 17.6 Å². The standard InChI is InChI=1S/C18H15S.C15H22F4O3S/c1-4-10-16(11-5-1)19(17-12-6-2-7-13-17)18-14-8-3-9-15-18;16-13(17)15(18,19)2-1-3-23(20,21)22-14-7-10-4-11(8-14)6-12(5-10)9-14/h1-15H;10-13H,1-9H2/q+1;. The van der Waals surface area contributed by atoms with E-state index < -0.39 is 46.7 Å². The van der Waals surface area contributed by atoms with Crippen LogP contribution in [0.3, 0.4) is 0 Å². The van der Waals surface area contributed by atoms with Gasteiger partial charge in [0.2, 0.25) is 0 Å². The van der Waals surface area contributed by atoms with Crippen LogP contribution in [0.5, 0.6) is 0 Å². The number of hydrogen-bond acceptors (Lipinski definition) is 3. The minimum Gasteiger partial charge on any atom is -0.263 e. The molecule has 0 spiro atoms. The lowest BCUT2D eigenvalue weighted by atomic mass is 9.54. The third kappa shape index (κ3) is 7.77. The van der Waals surface area contributed by atoms with E-state index in [1.165, 1.54) is 14.7 Å². The molecule has 226 valence electrons. The van der Waals surface area contributed by atoms with Crippen molar-refractivity contribution in [3.63, 3.8) is 0 Å². The number of hydrogen-bond donors (Lipinski definition) is 0. The van der Waals surface area contributed by atoms with Crippen LogP contribution in [0, 0.1) is 17.8 Å². The second-order valence-corrected chi connectivity index (χ2v) is 15.6. The Bertz CT molecular complexity index is 1260. The molecule has 3 nitrogen and oxygen atoms in total. The van der Waals surface area contributed by atoms with Crippen molar-refractivity contribution in [3.8, 4) is 0 Å². The topological polar surface area (TPSA) is 43.4 Å². The molecule has 0 N–H and O–H groups in total. The molecule has 4 saturated carbocycles. The molecule has 0 aromatic heterocycles. The Kier molecular flexibility index (Phi) is 9.69. The van der Waals surface area contributed by atoms with E-state index in [4.69, 9.17) is 4.18 Å². The van der Waals surface area contributed by atoms with Crippen molar-refractivity contribution >= 4 is 21.0 Å². The molecule has 3 aromatic rings. The fraction of sp³-hybridized carbons (Fsp3) is 0.455. The molecule has 4 aliphatic rings. The van der Waals surface area contributed by atoms with E-state index in [9.17, 15) is 26.0 Å². The van der Waals surface area contributed by atoms with Gasteiger partial charge in [0.1, 0.15) is 0 Å². The Morgan fingerprint density at radius 3 is 1.48 bits per heavy atom. The van der Waals surface area contributed by atoms with Crippen molar-refractivity contribution in [2.45, 2.75) is 84.0 Å². The summed E-state index contributed by atoms with van der Waals surface area (Å²) in [5, 5.41) is 0. The molecule has 9 heteroatoms. The molecular formula is C33H37F4O3S2+. The van der Waals surface area contributed by atoms with Crippen LogP contribution in [0.1, 0.15) is 51.4 Å². The Morgan fingerprint density at radius 2 is 1.12 bits per heavy atom. The largest absolute Gasteiger partial charge is 0.307 e. The van der Waals surface area contributed by atoms with Crippen molar-refractivity contribution in [1.29, 1.82) is 0 Å². The van der Waals surface area contributed by atoms with E-state index in [0.717, 1.165) is 19.3 Å². The van der Waals surface area contributed by atoms with Crippen LogP contribution in [0.25, 0.3) is 0 Å². The minimum atomic E-state index is -4.14. The van der Waals surface area contributed by atoms with Crippen molar-refractivity contribution < 1.29 is 30.2 Å². The maximum atomic E-state index is 12.9. The van der Waals surface area contributed by atoms with E-state index in [2.05, 4.69) is 91.0 Å². The molecular weight excluding hydrogens is 584 g/mol. The lowest BCUT2D eigenvalue weighted by molar-refractivity contribution is -0.133. The maximum absolute atomic E-state index is 12.9. The molecule has 7 rings (SSSR count). The smallest absolute Gasteiger partial charge is 0.263 e. The van der Waals surface area contributed by atoms with Crippen molar-refractivity contribution in [3.05, 3.63) is 91.0 Å². The highest BCUT2D eigenvalue weighted by Crippen LogP contribution is 2.57. The van der Waals surface area contributed by atoms with Gasteiger partial charge in [-0.1, -0.05) is 54.6 Å². The van der Waals surface area contributed by atoms with Crippen LogP contribution in [-0.2, 0) is 25.2 Å². The summed E-state index contributed by atoms with van der Waals surface area (Å²) >= 11 is 0. The molecule has 3 aromatic carbocycles. The minimum absolute atomic E-state index is 0.0146. The van der Waals surface area contributed by atoms with Gasteiger partial charge in [0, 0.05) is 6.42 Å².